The lowest BCUT2D eigenvalue weighted by Gasteiger charge is -2.02. The summed E-state index contributed by atoms with van der Waals surface area (Å²) in [6, 6.07) is 4.20. The molecule has 0 aliphatic carbocycles. The number of hydrogen-bond donors (Lipinski definition) is 0. The van der Waals surface area contributed by atoms with Crippen molar-refractivity contribution in [3.05, 3.63) is 35.0 Å². The van der Waals surface area contributed by atoms with Gasteiger partial charge < -0.3 is 4.57 Å². The first-order valence-electron chi connectivity index (χ1n) is 4.65. The molecule has 0 aliphatic heterocycles. The van der Waals surface area contributed by atoms with Gasteiger partial charge in [-0.15, -0.1) is 0 Å². The largest absolute Gasteiger partial charge is 0.350 e. The molecule has 0 fully saturated rings. The van der Waals surface area contributed by atoms with Crippen molar-refractivity contribution in [2.24, 2.45) is 7.05 Å². The van der Waals surface area contributed by atoms with Crippen molar-refractivity contribution in [2.45, 2.75) is 13.8 Å². The SMILES string of the molecule is Cc1cc(C)c2c(c1)c(C=O)cn2C. The van der Waals surface area contributed by atoms with E-state index in [2.05, 4.69) is 19.1 Å². The van der Waals surface area contributed by atoms with Gasteiger partial charge in [-0.25, -0.2) is 0 Å². The standard InChI is InChI=1S/C12H13NO/c1-8-4-9(2)12-11(5-8)10(7-14)6-13(12)3/h4-7H,1-3H3. The maximum Gasteiger partial charge on any atom is 0.152 e. The highest BCUT2D eigenvalue weighted by Gasteiger charge is 2.08. The molecule has 0 atom stereocenters. The molecule has 0 aliphatic rings. The third kappa shape index (κ3) is 1.15. The highest BCUT2D eigenvalue weighted by atomic mass is 16.1. The van der Waals surface area contributed by atoms with Crippen molar-refractivity contribution in [2.75, 3.05) is 0 Å². The lowest BCUT2D eigenvalue weighted by Crippen LogP contribution is -1.87. The predicted molar refractivity (Wildman–Crippen MR) is 57.8 cm³/mol. The zero-order valence-electron chi connectivity index (χ0n) is 8.66. The van der Waals surface area contributed by atoms with Gasteiger partial charge in [0.05, 0.1) is 5.52 Å². The van der Waals surface area contributed by atoms with Crippen LogP contribution in [0.25, 0.3) is 10.9 Å². The van der Waals surface area contributed by atoms with Crippen LogP contribution in [-0.2, 0) is 7.05 Å². The topological polar surface area (TPSA) is 22.0 Å². The molecule has 1 heterocycles. The number of benzene rings is 1. The Labute approximate surface area is 83.2 Å². The summed E-state index contributed by atoms with van der Waals surface area (Å²) in [5.74, 6) is 0. The van der Waals surface area contributed by atoms with E-state index in [0.29, 0.717) is 0 Å². The fourth-order valence-electron chi connectivity index (χ4n) is 2.08. The summed E-state index contributed by atoms with van der Waals surface area (Å²) in [6.07, 6.45) is 2.80. The average Bonchev–Trinajstić information content (AvgIpc) is 2.42. The van der Waals surface area contributed by atoms with Crippen LogP contribution >= 0.6 is 0 Å². The monoisotopic (exact) mass is 187 g/mol. The van der Waals surface area contributed by atoms with Crippen molar-refractivity contribution >= 4 is 17.2 Å². The number of aromatic nitrogens is 1. The Kier molecular flexibility index (Phi) is 1.92. The molecule has 0 saturated carbocycles. The van der Waals surface area contributed by atoms with Crippen LogP contribution in [0.3, 0.4) is 0 Å². The van der Waals surface area contributed by atoms with E-state index in [4.69, 9.17) is 0 Å². The zero-order chi connectivity index (χ0) is 10.3. The van der Waals surface area contributed by atoms with E-state index in [1.807, 2.05) is 24.7 Å². The maximum atomic E-state index is 10.8. The van der Waals surface area contributed by atoms with E-state index in [0.717, 1.165) is 22.8 Å². The number of rotatable bonds is 1. The van der Waals surface area contributed by atoms with E-state index in [1.165, 1.54) is 11.1 Å². The van der Waals surface area contributed by atoms with Gasteiger partial charge in [0.2, 0.25) is 0 Å². The molecule has 2 rings (SSSR count). The van der Waals surface area contributed by atoms with Crippen LogP contribution < -0.4 is 0 Å². The number of carbonyl (C=O) groups is 1. The first kappa shape index (κ1) is 9.00. The van der Waals surface area contributed by atoms with Gasteiger partial charge >= 0.3 is 0 Å². The molecular weight excluding hydrogens is 174 g/mol. The Morgan fingerprint density at radius 1 is 1.29 bits per heavy atom. The van der Waals surface area contributed by atoms with Gasteiger partial charge in [0, 0.05) is 24.2 Å². The molecular formula is C12H13NO. The van der Waals surface area contributed by atoms with Gasteiger partial charge in [-0.1, -0.05) is 11.6 Å². The zero-order valence-corrected chi connectivity index (χ0v) is 8.66. The fourth-order valence-corrected chi connectivity index (χ4v) is 2.08. The van der Waals surface area contributed by atoms with E-state index in [1.54, 1.807) is 0 Å². The summed E-state index contributed by atoms with van der Waals surface area (Å²) >= 11 is 0. The number of aryl methyl sites for hydroxylation is 3. The molecule has 72 valence electrons. The van der Waals surface area contributed by atoms with Gasteiger partial charge in [-0.2, -0.15) is 0 Å². The minimum atomic E-state index is 0.773. The summed E-state index contributed by atoms with van der Waals surface area (Å²) in [4.78, 5) is 10.8. The van der Waals surface area contributed by atoms with E-state index in [9.17, 15) is 4.79 Å². The number of aldehydes is 1. The van der Waals surface area contributed by atoms with E-state index in [-0.39, 0.29) is 0 Å². The Hall–Kier alpha value is -1.57. The fraction of sp³-hybridized carbons (Fsp3) is 0.250. The summed E-state index contributed by atoms with van der Waals surface area (Å²) in [5, 5.41) is 1.06. The van der Waals surface area contributed by atoms with Crippen LogP contribution in [0.5, 0.6) is 0 Å². The van der Waals surface area contributed by atoms with Gasteiger partial charge in [0.25, 0.3) is 0 Å². The molecule has 0 radical (unpaired) electrons. The van der Waals surface area contributed by atoms with Crippen LogP contribution in [0, 0.1) is 13.8 Å². The summed E-state index contributed by atoms with van der Waals surface area (Å²) in [6.45, 7) is 4.12. The summed E-state index contributed by atoms with van der Waals surface area (Å²) in [7, 11) is 1.97. The van der Waals surface area contributed by atoms with Gasteiger partial charge in [-0.05, 0) is 25.5 Å². The molecule has 0 bridgehead atoms. The Morgan fingerprint density at radius 3 is 2.64 bits per heavy atom. The second-order valence-corrected chi connectivity index (χ2v) is 3.79. The lowest BCUT2D eigenvalue weighted by molar-refractivity contribution is 0.112. The van der Waals surface area contributed by atoms with Crippen LogP contribution in [0.1, 0.15) is 21.5 Å². The molecule has 2 aromatic rings. The van der Waals surface area contributed by atoms with Crippen LogP contribution in [-0.4, -0.2) is 10.9 Å². The molecule has 2 nitrogen and oxygen atoms in total. The quantitative estimate of drug-likeness (QED) is 0.629. The van der Waals surface area contributed by atoms with E-state index >= 15 is 0 Å². The molecule has 0 spiro atoms. The van der Waals surface area contributed by atoms with Crippen LogP contribution in [0.15, 0.2) is 18.3 Å². The summed E-state index contributed by atoms with van der Waals surface area (Å²) < 4.78 is 2.01. The van der Waals surface area contributed by atoms with Crippen molar-refractivity contribution in [1.82, 2.24) is 4.57 Å². The van der Waals surface area contributed by atoms with Crippen molar-refractivity contribution in [3.8, 4) is 0 Å². The van der Waals surface area contributed by atoms with Crippen LogP contribution in [0.2, 0.25) is 0 Å². The third-order valence-electron chi connectivity index (χ3n) is 2.57. The van der Waals surface area contributed by atoms with Gasteiger partial charge in [-0.3, -0.25) is 4.79 Å². The molecule has 1 aromatic carbocycles. The summed E-state index contributed by atoms with van der Waals surface area (Å²) in [5.41, 5.74) is 4.34. The molecule has 14 heavy (non-hydrogen) atoms. The number of nitrogens with zero attached hydrogens (tertiary/aromatic N) is 1. The minimum absolute atomic E-state index is 0.773. The Morgan fingerprint density at radius 2 is 2.00 bits per heavy atom. The van der Waals surface area contributed by atoms with Crippen molar-refractivity contribution in [3.63, 3.8) is 0 Å². The first-order chi connectivity index (χ1) is 6.63. The lowest BCUT2D eigenvalue weighted by atomic mass is 10.1. The van der Waals surface area contributed by atoms with Gasteiger partial charge in [0.1, 0.15) is 0 Å². The third-order valence-corrected chi connectivity index (χ3v) is 2.57. The highest BCUT2D eigenvalue weighted by Crippen LogP contribution is 2.24. The molecule has 0 amide bonds. The first-order valence-corrected chi connectivity index (χ1v) is 4.65. The van der Waals surface area contributed by atoms with Gasteiger partial charge in [0.15, 0.2) is 6.29 Å². The molecule has 1 aromatic heterocycles. The average molecular weight is 187 g/mol. The Bertz CT molecular complexity index is 509. The normalized spacial score (nSPS) is 10.8. The minimum Gasteiger partial charge on any atom is -0.350 e. The van der Waals surface area contributed by atoms with E-state index < -0.39 is 0 Å². The number of carbonyl (C=O) groups excluding carboxylic acids is 1. The smallest absolute Gasteiger partial charge is 0.152 e. The maximum absolute atomic E-state index is 10.8. The number of fused-ring (bicyclic) bond motifs is 1. The second-order valence-electron chi connectivity index (χ2n) is 3.79. The van der Waals surface area contributed by atoms with Crippen LogP contribution in [0.4, 0.5) is 0 Å². The highest BCUT2D eigenvalue weighted by molar-refractivity contribution is 5.99. The van der Waals surface area contributed by atoms with Crippen molar-refractivity contribution in [1.29, 1.82) is 0 Å². The molecule has 0 saturated heterocycles. The Balaban J connectivity index is 2.96. The predicted octanol–water partition coefficient (Wildman–Crippen LogP) is 2.61. The van der Waals surface area contributed by atoms with Crippen molar-refractivity contribution < 1.29 is 4.79 Å². The number of hydrogen-bond acceptors (Lipinski definition) is 1. The molecule has 0 N–H and O–H groups in total. The molecule has 2 heteroatoms. The second kappa shape index (κ2) is 2.98. The molecule has 0 unspecified atom stereocenters.